The van der Waals surface area contributed by atoms with E-state index in [1.165, 1.54) is 19.4 Å². The molecule has 0 bridgehead atoms. The zero-order valence-corrected chi connectivity index (χ0v) is 11.4. The van der Waals surface area contributed by atoms with Gasteiger partial charge in [-0.1, -0.05) is 5.16 Å². The third-order valence-electron chi connectivity index (χ3n) is 3.03. The number of halogens is 2. The fourth-order valence-electron chi connectivity index (χ4n) is 2.09. The van der Waals surface area contributed by atoms with Gasteiger partial charge in [-0.05, 0) is 0 Å². The SMILES string of the molecule is COc1cc2c(cc1F)nc(CCl)n2Cc1ccon1. The van der Waals surface area contributed by atoms with Crippen molar-refractivity contribution in [2.75, 3.05) is 7.11 Å². The van der Waals surface area contributed by atoms with Crippen LogP contribution in [0.5, 0.6) is 5.75 Å². The van der Waals surface area contributed by atoms with Crippen LogP contribution in [0.25, 0.3) is 11.0 Å². The lowest BCUT2D eigenvalue weighted by molar-refractivity contribution is 0.387. The summed E-state index contributed by atoms with van der Waals surface area (Å²) in [5.41, 5.74) is 2.00. The third-order valence-corrected chi connectivity index (χ3v) is 3.27. The van der Waals surface area contributed by atoms with Crippen LogP contribution in [0.4, 0.5) is 4.39 Å². The van der Waals surface area contributed by atoms with Crippen LogP contribution in [0.3, 0.4) is 0 Å². The number of rotatable bonds is 4. The number of hydrogen-bond donors (Lipinski definition) is 0. The Bertz CT molecular complexity index is 740. The van der Waals surface area contributed by atoms with E-state index in [1.54, 1.807) is 12.1 Å². The van der Waals surface area contributed by atoms with Gasteiger partial charge < -0.3 is 13.8 Å². The van der Waals surface area contributed by atoms with Gasteiger partial charge in [0.05, 0.1) is 30.6 Å². The lowest BCUT2D eigenvalue weighted by Crippen LogP contribution is -2.04. The standard InChI is InChI=1S/C13H11ClFN3O2/c1-19-12-5-11-10(4-9(12)15)16-13(6-14)18(11)7-8-2-3-20-17-8/h2-5H,6-7H2,1H3. The van der Waals surface area contributed by atoms with Crippen molar-refractivity contribution in [3.8, 4) is 5.75 Å². The molecule has 3 rings (SSSR count). The second kappa shape index (κ2) is 5.13. The minimum absolute atomic E-state index is 0.167. The van der Waals surface area contributed by atoms with Crippen molar-refractivity contribution in [3.63, 3.8) is 0 Å². The molecule has 1 aromatic carbocycles. The van der Waals surface area contributed by atoms with E-state index in [9.17, 15) is 4.39 Å². The second-order valence-electron chi connectivity index (χ2n) is 4.21. The van der Waals surface area contributed by atoms with Crippen molar-refractivity contribution in [3.05, 3.63) is 41.8 Å². The van der Waals surface area contributed by atoms with Crippen LogP contribution in [0.15, 0.2) is 29.0 Å². The second-order valence-corrected chi connectivity index (χ2v) is 4.48. The number of hydrogen-bond acceptors (Lipinski definition) is 4. The molecule has 0 aliphatic carbocycles. The van der Waals surface area contributed by atoms with E-state index in [4.69, 9.17) is 20.9 Å². The highest BCUT2D eigenvalue weighted by atomic mass is 35.5. The quantitative estimate of drug-likeness (QED) is 0.694. The molecule has 0 N–H and O–H groups in total. The minimum Gasteiger partial charge on any atom is -0.494 e. The zero-order chi connectivity index (χ0) is 14.1. The number of methoxy groups -OCH3 is 1. The highest BCUT2D eigenvalue weighted by Gasteiger charge is 2.15. The maximum atomic E-state index is 13.7. The number of fused-ring (bicyclic) bond motifs is 1. The summed E-state index contributed by atoms with van der Waals surface area (Å²) in [4.78, 5) is 4.33. The molecule has 2 aromatic heterocycles. The molecule has 0 saturated heterocycles. The monoisotopic (exact) mass is 295 g/mol. The molecule has 3 aromatic rings. The summed E-state index contributed by atoms with van der Waals surface area (Å²) in [6.45, 7) is 0.448. The molecule has 0 unspecified atom stereocenters. The number of aromatic nitrogens is 3. The Morgan fingerprint density at radius 2 is 2.30 bits per heavy atom. The predicted octanol–water partition coefficient (Wildman–Crippen LogP) is 2.96. The normalized spacial score (nSPS) is 11.2. The van der Waals surface area contributed by atoms with Crippen molar-refractivity contribution >= 4 is 22.6 Å². The molecule has 0 saturated carbocycles. The first-order valence-corrected chi connectivity index (χ1v) is 6.44. The largest absolute Gasteiger partial charge is 0.494 e. The molecule has 7 heteroatoms. The van der Waals surface area contributed by atoms with Gasteiger partial charge in [0.2, 0.25) is 0 Å². The number of nitrogens with zero attached hydrogens (tertiary/aromatic N) is 3. The van der Waals surface area contributed by atoms with Crippen LogP contribution in [0, 0.1) is 5.82 Å². The first-order chi connectivity index (χ1) is 9.72. The Hall–Kier alpha value is -2.08. The van der Waals surface area contributed by atoms with Gasteiger partial charge in [0, 0.05) is 18.2 Å². The summed E-state index contributed by atoms with van der Waals surface area (Å²) in [5, 5.41) is 3.86. The van der Waals surface area contributed by atoms with Crippen molar-refractivity contribution in [2.24, 2.45) is 0 Å². The lowest BCUT2D eigenvalue weighted by Gasteiger charge is -2.06. The van der Waals surface area contributed by atoms with Gasteiger partial charge >= 0.3 is 0 Å². The molecule has 0 amide bonds. The van der Waals surface area contributed by atoms with E-state index < -0.39 is 5.82 Å². The highest BCUT2D eigenvalue weighted by molar-refractivity contribution is 6.16. The van der Waals surface area contributed by atoms with Crippen molar-refractivity contribution < 1.29 is 13.7 Å². The molecule has 0 aliphatic rings. The average molecular weight is 296 g/mol. The summed E-state index contributed by atoms with van der Waals surface area (Å²) in [7, 11) is 1.42. The number of benzene rings is 1. The topological polar surface area (TPSA) is 53.1 Å². The molecule has 0 radical (unpaired) electrons. The Morgan fingerprint density at radius 3 is 2.95 bits per heavy atom. The molecule has 20 heavy (non-hydrogen) atoms. The van der Waals surface area contributed by atoms with Gasteiger partial charge in [0.1, 0.15) is 17.8 Å². The van der Waals surface area contributed by atoms with Crippen LogP contribution >= 0.6 is 11.6 Å². The number of imidazole rings is 1. The van der Waals surface area contributed by atoms with Crippen LogP contribution in [0.1, 0.15) is 11.5 Å². The fourth-order valence-corrected chi connectivity index (χ4v) is 2.30. The molecule has 104 valence electrons. The molecule has 2 heterocycles. The molecule has 0 spiro atoms. The minimum atomic E-state index is -0.452. The number of ether oxygens (including phenoxy) is 1. The summed E-state index contributed by atoms with van der Waals surface area (Å²) in [6, 6.07) is 4.70. The first kappa shape index (κ1) is 12.9. The van der Waals surface area contributed by atoms with Crippen LogP contribution in [-0.4, -0.2) is 21.8 Å². The van der Waals surface area contributed by atoms with E-state index >= 15 is 0 Å². The van der Waals surface area contributed by atoms with E-state index in [2.05, 4.69) is 10.1 Å². The smallest absolute Gasteiger partial charge is 0.167 e. The van der Waals surface area contributed by atoms with Gasteiger partial charge in [-0.3, -0.25) is 0 Å². The predicted molar refractivity (Wildman–Crippen MR) is 71.4 cm³/mol. The number of alkyl halides is 1. The Morgan fingerprint density at radius 1 is 1.45 bits per heavy atom. The maximum absolute atomic E-state index is 13.7. The third kappa shape index (κ3) is 2.12. The fraction of sp³-hybridized carbons (Fsp3) is 0.231. The Labute approximate surface area is 118 Å². The summed E-state index contributed by atoms with van der Waals surface area (Å²) >= 11 is 5.90. The highest BCUT2D eigenvalue weighted by Crippen LogP contribution is 2.26. The molecule has 0 fully saturated rings. The van der Waals surface area contributed by atoms with Crippen LogP contribution < -0.4 is 4.74 Å². The average Bonchev–Trinajstić information content (AvgIpc) is 3.06. The van der Waals surface area contributed by atoms with Gasteiger partial charge in [-0.25, -0.2) is 9.37 Å². The molecular formula is C13H11ClFN3O2. The summed E-state index contributed by atoms with van der Waals surface area (Å²) < 4.78 is 25.4. The molecular weight excluding hydrogens is 285 g/mol. The van der Waals surface area contributed by atoms with Crippen molar-refractivity contribution in [1.29, 1.82) is 0 Å². The lowest BCUT2D eigenvalue weighted by atomic mass is 10.2. The summed E-state index contributed by atoms with van der Waals surface area (Å²) in [6.07, 6.45) is 1.50. The van der Waals surface area contributed by atoms with Crippen molar-refractivity contribution in [2.45, 2.75) is 12.4 Å². The maximum Gasteiger partial charge on any atom is 0.167 e. The summed E-state index contributed by atoms with van der Waals surface area (Å²) in [5.74, 6) is 0.570. The van der Waals surface area contributed by atoms with Gasteiger partial charge in [0.25, 0.3) is 0 Å². The Kier molecular flexibility index (Phi) is 3.31. The van der Waals surface area contributed by atoms with Crippen molar-refractivity contribution in [1.82, 2.24) is 14.7 Å². The van der Waals surface area contributed by atoms with E-state index in [0.29, 0.717) is 17.9 Å². The van der Waals surface area contributed by atoms with Gasteiger partial charge in [-0.2, -0.15) is 0 Å². The first-order valence-electron chi connectivity index (χ1n) is 5.90. The molecule has 0 atom stereocenters. The van der Waals surface area contributed by atoms with Crippen LogP contribution in [-0.2, 0) is 12.4 Å². The molecule has 5 nitrogen and oxygen atoms in total. The molecule has 0 aliphatic heterocycles. The van der Waals surface area contributed by atoms with Crippen LogP contribution in [0.2, 0.25) is 0 Å². The van der Waals surface area contributed by atoms with Gasteiger partial charge in [-0.15, -0.1) is 11.6 Å². The van der Waals surface area contributed by atoms with E-state index in [1.807, 2.05) is 4.57 Å². The van der Waals surface area contributed by atoms with Gasteiger partial charge in [0.15, 0.2) is 11.6 Å². The zero-order valence-electron chi connectivity index (χ0n) is 10.6. The Balaban J connectivity index is 2.17. The van der Waals surface area contributed by atoms with E-state index in [0.717, 1.165) is 11.2 Å². The van der Waals surface area contributed by atoms with E-state index in [-0.39, 0.29) is 11.6 Å².